The molecule has 0 radical (unpaired) electrons. The molecule has 1 heterocycles. The van der Waals surface area contributed by atoms with Crippen LogP contribution in [0.25, 0.3) is 0 Å². The van der Waals surface area contributed by atoms with Gasteiger partial charge in [-0.2, -0.15) is 11.3 Å². The van der Waals surface area contributed by atoms with Crippen molar-refractivity contribution in [3.63, 3.8) is 0 Å². The first-order valence-corrected chi connectivity index (χ1v) is 6.69. The predicted octanol–water partition coefficient (Wildman–Crippen LogP) is 3.46. The summed E-state index contributed by atoms with van der Waals surface area (Å²) in [5, 5.41) is 7.81. The summed E-state index contributed by atoms with van der Waals surface area (Å²) in [5.74, 6) is 0.898. The van der Waals surface area contributed by atoms with Gasteiger partial charge in [-0.15, -0.1) is 0 Å². The number of hydrogen-bond acceptors (Lipinski definition) is 3. The fourth-order valence-corrected chi connectivity index (χ4v) is 2.55. The summed E-state index contributed by atoms with van der Waals surface area (Å²) < 4.78 is 5.18. The van der Waals surface area contributed by atoms with Gasteiger partial charge in [-0.1, -0.05) is 19.1 Å². The molecule has 0 aliphatic rings. The minimum atomic E-state index is 0.275. The van der Waals surface area contributed by atoms with Crippen molar-refractivity contribution in [2.24, 2.45) is 0 Å². The number of methoxy groups -OCH3 is 1. The molecule has 2 nitrogen and oxygen atoms in total. The number of benzene rings is 1. The van der Waals surface area contributed by atoms with Crippen LogP contribution in [0.15, 0.2) is 41.1 Å². The van der Waals surface area contributed by atoms with Gasteiger partial charge in [-0.25, -0.2) is 0 Å². The molecule has 1 atom stereocenters. The Labute approximate surface area is 106 Å². The van der Waals surface area contributed by atoms with Crippen LogP contribution in [0.1, 0.15) is 24.1 Å². The van der Waals surface area contributed by atoms with Crippen LogP contribution in [0.4, 0.5) is 0 Å². The molecule has 0 amide bonds. The first kappa shape index (κ1) is 12.1. The summed E-state index contributed by atoms with van der Waals surface area (Å²) in [6.45, 7) is 3.08. The Kier molecular flexibility index (Phi) is 4.18. The largest absolute Gasteiger partial charge is 0.497 e. The quantitative estimate of drug-likeness (QED) is 0.873. The van der Waals surface area contributed by atoms with E-state index in [0.29, 0.717) is 0 Å². The fourth-order valence-electron chi connectivity index (χ4n) is 1.87. The van der Waals surface area contributed by atoms with Crippen molar-refractivity contribution in [3.05, 3.63) is 52.2 Å². The molecule has 0 aliphatic heterocycles. The summed E-state index contributed by atoms with van der Waals surface area (Å²) in [6.07, 6.45) is 0. The lowest BCUT2D eigenvalue weighted by molar-refractivity contribution is 0.414. The Morgan fingerprint density at radius 2 is 1.94 bits per heavy atom. The third-order valence-corrected chi connectivity index (χ3v) is 3.44. The van der Waals surface area contributed by atoms with Crippen molar-refractivity contribution in [3.8, 4) is 5.75 Å². The van der Waals surface area contributed by atoms with Gasteiger partial charge >= 0.3 is 0 Å². The molecular weight excluding hydrogens is 230 g/mol. The molecule has 1 unspecified atom stereocenters. The monoisotopic (exact) mass is 247 g/mol. The Morgan fingerprint density at radius 1 is 1.18 bits per heavy atom. The average Bonchev–Trinajstić information content (AvgIpc) is 2.90. The molecule has 0 bridgehead atoms. The van der Waals surface area contributed by atoms with E-state index < -0.39 is 0 Å². The van der Waals surface area contributed by atoms with Gasteiger partial charge < -0.3 is 10.1 Å². The van der Waals surface area contributed by atoms with E-state index in [4.69, 9.17) is 4.74 Å². The Hall–Kier alpha value is -1.32. The van der Waals surface area contributed by atoms with E-state index in [9.17, 15) is 0 Å². The highest BCUT2D eigenvalue weighted by Gasteiger charge is 2.12. The fraction of sp³-hybridized carbons (Fsp3) is 0.286. The number of ether oxygens (including phenoxy) is 1. The zero-order valence-corrected chi connectivity index (χ0v) is 11.0. The SMILES string of the molecule is CCNC(c1ccc(OC)cc1)c1ccsc1. The van der Waals surface area contributed by atoms with Crippen LogP contribution in [0, 0.1) is 0 Å². The highest BCUT2D eigenvalue weighted by molar-refractivity contribution is 7.08. The zero-order valence-electron chi connectivity index (χ0n) is 10.1. The maximum atomic E-state index is 5.18. The van der Waals surface area contributed by atoms with Crippen LogP contribution in [-0.4, -0.2) is 13.7 Å². The second-order valence-corrected chi connectivity index (χ2v) is 4.60. The summed E-state index contributed by atoms with van der Waals surface area (Å²) in [6, 6.07) is 10.7. The number of hydrogen-bond donors (Lipinski definition) is 1. The van der Waals surface area contributed by atoms with Crippen molar-refractivity contribution in [2.45, 2.75) is 13.0 Å². The Bertz CT molecular complexity index is 436. The number of nitrogens with one attached hydrogen (secondary N) is 1. The van der Waals surface area contributed by atoms with Crippen LogP contribution in [0.2, 0.25) is 0 Å². The predicted molar refractivity (Wildman–Crippen MR) is 72.8 cm³/mol. The molecule has 2 aromatic rings. The third kappa shape index (κ3) is 2.87. The van der Waals surface area contributed by atoms with Crippen molar-refractivity contribution in [1.82, 2.24) is 5.32 Å². The Morgan fingerprint density at radius 3 is 2.47 bits per heavy atom. The van der Waals surface area contributed by atoms with Gasteiger partial charge in [0.1, 0.15) is 5.75 Å². The minimum absolute atomic E-state index is 0.275. The van der Waals surface area contributed by atoms with Crippen LogP contribution in [0.5, 0.6) is 5.75 Å². The maximum absolute atomic E-state index is 5.18. The van der Waals surface area contributed by atoms with Crippen molar-refractivity contribution in [2.75, 3.05) is 13.7 Å². The van der Waals surface area contributed by atoms with Crippen molar-refractivity contribution < 1.29 is 4.74 Å². The molecule has 0 spiro atoms. The maximum Gasteiger partial charge on any atom is 0.118 e. The second kappa shape index (κ2) is 5.84. The normalized spacial score (nSPS) is 12.4. The Balaban J connectivity index is 2.26. The van der Waals surface area contributed by atoms with Crippen LogP contribution in [-0.2, 0) is 0 Å². The van der Waals surface area contributed by atoms with Gasteiger partial charge in [-0.05, 0) is 46.6 Å². The van der Waals surface area contributed by atoms with E-state index >= 15 is 0 Å². The van der Waals surface area contributed by atoms with E-state index in [2.05, 4.69) is 41.2 Å². The topological polar surface area (TPSA) is 21.3 Å². The van der Waals surface area contributed by atoms with Gasteiger partial charge in [0.25, 0.3) is 0 Å². The summed E-state index contributed by atoms with van der Waals surface area (Å²) in [4.78, 5) is 0. The molecule has 1 aromatic carbocycles. The van der Waals surface area contributed by atoms with Gasteiger partial charge in [0, 0.05) is 0 Å². The first-order valence-electron chi connectivity index (χ1n) is 5.74. The van der Waals surface area contributed by atoms with Crippen molar-refractivity contribution >= 4 is 11.3 Å². The smallest absolute Gasteiger partial charge is 0.118 e. The lowest BCUT2D eigenvalue weighted by Gasteiger charge is -2.17. The minimum Gasteiger partial charge on any atom is -0.497 e. The lowest BCUT2D eigenvalue weighted by atomic mass is 10.0. The average molecular weight is 247 g/mol. The number of rotatable bonds is 5. The first-order chi connectivity index (χ1) is 8.35. The zero-order chi connectivity index (χ0) is 12.1. The number of thiophene rings is 1. The second-order valence-electron chi connectivity index (χ2n) is 3.82. The van der Waals surface area contributed by atoms with Gasteiger partial charge in [-0.3, -0.25) is 0 Å². The van der Waals surface area contributed by atoms with Crippen LogP contribution < -0.4 is 10.1 Å². The van der Waals surface area contributed by atoms with E-state index in [0.717, 1.165) is 12.3 Å². The molecule has 2 rings (SSSR count). The van der Waals surface area contributed by atoms with Crippen LogP contribution in [0.3, 0.4) is 0 Å². The molecule has 17 heavy (non-hydrogen) atoms. The standard InChI is InChI=1S/C14H17NOS/c1-3-15-14(12-8-9-17-10-12)11-4-6-13(16-2)7-5-11/h4-10,14-15H,3H2,1-2H3. The van der Waals surface area contributed by atoms with E-state index in [1.54, 1.807) is 18.4 Å². The van der Waals surface area contributed by atoms with Crippen molar-refractivity contribution in [1.29, 1.82) is 0 Å². The molecule has 3 heteroatoms. The molecule has 0 saturated carbocycles. The lowest BCUT2D eigenvalue weighted by Crippen LogP contribution is -2.21. The summed E-state index contributed by atoms with van der Waals surface area (Å²) >= 11 is 1.73. The highest BCUT2D eigenvalue weighted by Crippen LogP contribution is 2.25. The van der Waals surface area contributed by atoms with Gasteiger partial charge in [0.2, 0.25) is 0 Å². The van der Waals surface area contributed by atoms with E-state index in [1.165, 1.54) is 11.1 Å². The molecular formula is C14H17NOS. The van der Waals surface area contributed by atoms with Gasteiger partial charge in [0.05, 0.1) is 13.2 Å². The third-order valence-electron chi connectivity index (χ3n) is 2.73. The van der Waals surface area contributed by atoms with E-state index in [-0.39, 0.29) is 6.04 Å². The summed E-state index contributed by atoms with van der Waals surface area (Å²) in [5.41, 5.74) is 2.59. The van der Waals surface area contributed by atoms with E-state index in [1.807, 2.05) is 12.1 Å². The molecule has 90 valence electrons. The highest BCUT2D eigenvalue weighted by atomic mass is 32.1. The molecule has 1 N–H and O–H groups in total. The molecule has 0 aliphatic carbocycles. The molecule has 0 fully saturated rings. The van der Waals surface area contributed by atoms with Gasteiger partial charge in [0.15, 0.2) is 0 Å². The summed E-state index contributed by atoms with van der Waals surface area (Å²) in [7, 11) is 1.69. The molecule has 0 saturated heterocycles. The molecule has 1 aromatic heterocycles. The van der Waals surface area contributed by atoms with Crippen LogP contribution >= 0.6 is 11.3 Å².